The van der Waals surface area contributed by atoms with Crippen molar-refractivity contribution in [1.29, 1.82) is 0 Å². The third-order valence-electron chi connectivity index (χ3n) is 3.50. The Balaban J connectivity index is 2.28. The predicted octanol–water partition coefficient (Wildman–Crippen LogP) is -0.0409. The van der Waals surface area contributed by atoms with Crippen molar-refractivity contribution < 1.29 is 12.8 Å². The van der Waals surface area contributed by atoms with Crippen molar-refractivity contribution >= 4 is 10.0 Å². The van der Waals surface area contributed by atoms with Gasteiger partial charge in [-0.3, -0.25) is 0 Å². The van der Waals surface area contributed by atoms with Gasteiger partial charge in [-0.15, -0.1) is 0 Å². The first-order chi connectivity index (χ1) is 10.9. The lowest BCUT2D eigenvalue weighted by Gasteiger charge is -2.19. The van der Waals surface area contributed by atoms with Crippen molar-refractivity contribution in [2.24, 2.45) is 5.14 Å². The first-order valence-corrected chi connectivity index (χ1v) is 8.23. The van der Waals surface area contributed by atoms with Crippen LogP contribution in [-0.4, -0.2) is 13.4 Å². The molecule has 1 aliphatic heterocycles. The lowest BCUT2D eigenvalue weighted by molar-refractivity contribution is 0.540. The van der Waals surface area contributed by atoms with Crippen LogP contribution in [0, 0.1) is 12.9 Å². The van der Waals surface area contributed by atoms with Crippen LogP contribution >= 0.6 is 0 Å². The topological polar surface area (TPSA) is 121 Å². The quantitative estimate of drug-likeness (QED) is 0.498. The minimum atomic E-state index is -3.95. The van der Waals surface area contributed by atoms with E-state index in [9.17, 15) is 12.8 Å². The molecule has 2 aromatic rings. The van der Waals surface area contributed by atoms with Gasteiger partial charge in [0.1, 0.15) is 6.17 Å². The summed E-state index contributed by atoms with van der Waals surface area (Å²) in [6, 6.07) is 7.51. The highest BCUT2D eigenvalue weighted by molar-refractivity contribution is 7.89. The zero-order valence-corrected chi connectivity index (χ0v) is 12.9. The molecule has 0 bridgehead atoms. The molecule has 1 aromatic heterocycles. The highest BCUT2D eigenvalue weighted by Crippen LogP contribution is 2.33. The summed E-state index contributed by atoms with van der Waals surface area (Å²) in [5.41, 5.74) is 13.0. The van der Waals surface area contributed by atoms with Crippen LogP contribution in [0.5, 0.6) is 0 Å². The number of rotatable bonds is 3. The number of benzene rings is 1. The minimum absolute atomic E-state index is 0.0331. The molecule has 0 saturated carbocycles. The Morgan fingerprint density at radius 3 is 2.43 bits per heavy atom. The summed E-state index contributed by atoms with van der Waals surface area (Å²) < 4.78 is 37.1. The van der Waals surface area contributed by atoms with Crippen LogP contribution in [0.2, 0.25) is 0 Å². The van der Waals surface area contributed by atoms with Gasteiger partial charge in [0.15, 0.2) is 0 Å². The summed E-state index contributed by atoms with van der Waals surface area (Å²) in [5, 5.41) is 5.33. The first-order valence-electron chi connectivity index (χ1n) is 6.68. The van der Waals surface area contributed by atoms with Gasteiger partial charge in [0, 0.05) is 16.8 Å². The maximum absolute atomic E-state index is 13.3. The smallest absolute Gasteiger partial charge is 0.225 e. The number of halogens is 1. The molecule has 8 nitrogen and oxygen atoms in total. The Bertz CT molecular complexity index is 852. The third-order valence-corrected chi connectivity index (χ3v) is 4.47. The molecule has 1 aromatic carbocycles. The number of nitrogens with one attached hydrogen (secondary N) is 4. The number of hydrogen-bond donors (Lipinski definition) is 5. The first kappa shape index (κ1) is 15.9. The monoisotopic (exact) mass is 338 g/mol. The van der Waals surface area contributed by atoms with Crippen LogP contribution in [0.3, 0.4) is 0 Å². The summed E-state index contributed by atoms with van der Waals surface area (Å²) in [6.07, 6.45) is -0.566. The molecule has 6 N–H and O–H groups in total. The van der Waals surface area contributed by atoms with E-state index in [-0.39, 0.29) is 4.90 Å². The average Bonchev–Trinajstić information content (AvgIpc) is 2.99. The summed E-state index contributed by atoms with van der Waals surface area (Å²) in [5.74, 6) is -0.601. The lowest BCUT2D eigenvalue weighted by atomic mass is 9.97. The van der Waals surface area contributed by atoms with Crippen molar-refractivity contribution in [3.05, 3.63) is 47.5 Å². The Morgan fingerprint density at radius 1 is 1.13 bits per heavy atom. The standard InChI is InChI=1S/C13H15FN6O2S/c1-7-8(5-6-11(14)16-7)9-3-2-4-10(23(15,21)22)12(9)13-17-19-20-18-13/h2-6,13,17-20H,1H3,(H2,15,21,22). The molecule has 0 aliphatic carbocycles. The largest absolute Gasteiger partial charge is 0.238 e. The SMILES string of the molecule is Cc1nc(F)ccc1-c1cccc(S(N)(=O)=O)c1C1NNNN1. The molecule has 0 atom stereocenters. The number of aromatic nitrogens is 1. The fraction of sp³-hybridized carbons (Fsp3) is 0.154. The van der Waals surface area contributed by atoms with Crippen molar-refractivity contribution in [2.45, 2.75) is 18.0 Å². The second-order valence-corrected chi connectivity index (χ2v) is 6.53. The number of nitrogens with two attached hydrogens (primary N) is 1. The normalized spacial score (nSPS) is 16.0. The fourth-order valence-corrected chi connectivity index (χ4v) is 3.34. The lowest BCUT2D eigenvalue weighted by Crippen LogP contribution is -2.33. The molecule has 1 aliphatic rings. The van der Waals surface area contributed by atoms with E-state index >= 15 is 0 Å². The summed E-state index contributed by atoms with van der Waals surface area (Å²) >= 11 is 0. The van der Waals surface area contributed by atoms with E-state index in [0.717, 1.165) is 0 Å². The number of nitrogens with zero attached hydrogens (tertiary/aromatic N) is 1. The third kappa shape index (κ3) is 3.08. The summed E-state index contributed by atoms with van der Waals surface area (Å²) in [7, 11) is -3.95. The van der Waals surface area contributed by atoms with Crippen LogP contribution in [0.15, 0.2) is 35.2 Å². The van der Waals surface area contributed by atoms with Crippen LogP contribution in [0.1, 0.15) is 17.4 Å². The molecular weight excluding hydrogens is 323 g/mol. The van der Waals surface area contributed by atoms with Gasteiger partial charge < -0.3 is 0 Å². The molecule has 122 valence electrons. The van der Waals surface area contributed by atoms with Gasteiger partial charge in [-0.25, -0.2) is 29.4 Å². The molecule has 1 fully saturated rings. The summed E-state index contributed by atoms with van der Waals surface area (Å²) in [6.45, 7) is 1.65. The molecule has 10 heteroatoms. The van der Waals surface area contributed by atoms with E-state index in [2.05, 4.69) is 26.9 Å². The minimum Gasteiger partial charge on any atom is -0.225 e. The molecule has 0 spiro atoms. The molecule has 2 heterocycles. The highest BCUT2D eigenvalue weighted by Gasteiger charge is 2.27. The van der Waals surface area contributed by atoms with Gasteiger partial charge in [0.05, 0.1) is 4.90 Å². The van der Waals surface area contributed by atoms with Crippen molar-refractivity contribution in [2.75, 3.05) is 0 Å². The number of aryl methyl sites for hydroxylation is 1. The van der Waals surface area contributed by atoms with E-state index in [4.69, 9.17) is 5.14 Å². The van der Waals surface area contributed by atoms with Gasteiger partial charge in [0.2, 0.25) is 16.0 Å². The highest BCUT2D eigenvalue weighted by atomic mass is 32.2. The van der Waals surface area contributed by atoms with E-state index < -0.39 is 22.1 Å². The Kier molecular flexibility index (Phi) is 4.10. The molecule has 23 heavy (non-hydrogen) atoms. The second-order valence-electron chi connectivity index (χ2n) is 5.00. The average molecular weight is 338 g/mol. The number of pyridine rings is 1. The van der Waals surface area contributed by atoms with E-state index in [1.807, 2.05) is 0 Å². The van der Waals surface area contributed by atoms with Crippen molar-refractivity contribution in [3.8, 4) is 11.1 Å². The predicted molar refractivity (Wildman–Crippen MR) is 81.0 cm³/mol. The molecule has 0 amide bonds. The van der Waals surface area contributed by atoms with Crippen LogP contribution in [-0.2, 0) is 10.0 Å². The Labute approximate surface area is 132 Å². The Morgan fingerprint density at radius 2 is 1.83 bits per heavy atom. The number of sulfonamides is 1. The molecule has 1 saturated heterocycles. The maximum atomic E-state index is 13.3. The van der Waals surface area contributed by atoms with E-state index in [1.165, 1.54) is 12.1 Å². The summed E-state index contributed by atoms with van der Waals surface area (Å²) in [4.78, 5) is 3.76. The van der Waals surface area contributed by atoms with Gasteiger partial charge >= 0.3 is 0 Å². The van der Waals surface area contributed by atoms with Gasteiger partial charge in [-0.1, -0.05) is 12.1 Å². The second kappa shape index (κ2) is 5.92. The zero-order valence-electron chi connectivity index (χ0n) is 12.1. The van der Waals surface area contributed by atoms with Gasteiger partial charge in [0.25, 0.3) is 0 Å². The van der Waals surface area contributed by atoms with E-state index in [0.29, 0.717) is 22.4 Å². The van der Waals surface area contributed by atoms with Crippen molar-refractivity contribution in [1.82, 2.24) is 26.9 Å². The van der Waals surface area contributed by atoms with Crippen LogP contribution < -0.4 is 27.1 Å². The van der Waals surface area contributed by atoms with Gasteiger partial charge in [-0.2, -0.15) is 15.5 Å². The van der Waals surface area contributed by atoms with Crippen LogP contribution in [0.25, 0.3) is 11.1 Å². The van der Waals surface area contributed by atoms with E-state index in [1.54, 1.807) is 25.1 Å². The molecular formula is C13H15FN6O2S. The molecule has 0 unspecified atom stereocenters. The Hall–Kier alpha value is -1.95. The van der Waals surface area contributed by atoms with Crippen molar-refractivity contribution in [3.63, 3.8) is 0 Å². The van der Waals surface area contributed by atoms with Crippen LogP contribution in [0.4, 0.5) is 4.39 Å². The molecule has 3 rings (SSSR count). The fourth-order valence-electron chi connectivity index (χ4n) is 2.54. The molecule has 0 radical (unpaired) electrons. The van der Waals surface area contributed by atoms with Gasteiger partial charge in [-0.05, 0) is 30.7 Å². The zero-order chi connectivity index (χ0) is 16.6. The number of primary sulfonamides is 1. The number of hydrazine groups is 3. The number of hydrogen-bond acceptors (Lipinski definition) is 7. The maximum Gasteiger partial charge on any atom is 0.238 e.